The Morgan fingerprint density at radius 3 is 2.03 bits per heavy atom. The number of nitrogens with one attached hydrogen (secondary N) is 1. The summed E-state index contributed by atoms with van der Waals surface area (Å²) in [7, 11) is 5.86. The van der Waals surface area contributed by atoms with Crippen molar-refractivity contribution in [1.29, 1.82) is 0 Å². The molecule has 152 valence electrons. The predicted octanol–water partition coefficient (Wildman–Crippen LogP) is 3.84. The van der Waals surface area contributed by atoms with Gasteiger partial charge in [0.25, 0.3) is 11.8 Å². The summed E-state index contributed by atoms with van der Waals surface area (Å²) >= 11 is 12.2. The van der Waals surface area contributed by atoms with Gasteiger partial charge in [-0.1, -0.05) is 29.3 Å². The van der Waals surface area contributed by atoms with Gasteiger partial charge in [-0.15, -0.1) is 0 Å². The van der Waals surface area contributed by atoms with Crippen LogP contribution in [0.1, 0.15) is 5.56 Å². The first kappa shape index (κ1) is 20.8. The molecule has 0 bridgehead atoms. The molecule has 0 atom stereocenters. The molecule has 0 saturated carbocycles. The largest absolute Gasteiger partial charge is 0.493 e. The molecule has 3 rings (SSSR count). The van der Waals surface area contributed by atoms with Gasteiger partial charge in [-0.05, 0) is 12.1 Å². The van der Waals surface area contributed by atoms with E-state index in [1.54, 1.807) is 24.3 Å². The van der Waals surface area contributed by atoms with Crippen LogP contribution in [-0.4, -0.2) is 45.1 Å². The van der Waals surface area contributed by atoms with E-state index in [0.29, 0.717) is 33.5 Å². The van der Waals surface area contributed by atoms with Crippen LogP contribution >= 0.6 is 23.2 Å². The molecule has 0 fully saturated rings. The summed E-state index contributed by atoms with van der Waals surface area (Å²) in [5.41, 5.74) is 1.09. The number of imide groups is 1. The zero-order valence-electron chi connectivity index (χ0n) is 16.1. The number of anilines is 1. The van der Waals surface area contributed by atoms with Crippen molar-refractivity contribution in [3.05, 3.63) is 51.6 Å². The number of amides is 2. The third-order valence-electron chi connectivity index (χ3n) is 4.42. The Balaban J connectivity index is 2.15. The van der Waals surface area contributed by atoms with E-state index in [2.05, 4.69) is 5.32 Å². The van der Waals surface area contributed by atoms with Crippen LogP contribution in [0.15, 0.2) is 36.0 Å². The summed E-state index contributed by atoms with van der Waals surface area (Å²) in [4.78, 5) is 26.5. The number of ether oxygens (including phenoxy) is 3. The molecule has 0 spiro atoms. The molecule has 2 amide bonds. The van der Waals surface area contributed by atoms with Crippen molar-refractivity contribution in [3.63, 3.8) is 0 Å². The molecule has 2 aromatic rings. The topological polar surface area (TPSA) is 77.1 Å². The van der Waals surface area contributed by atoms with Crippen LogP contribution in [0.5, 0.6) is 17.2 Å². The van der Waals surface area contributed by atoms with Gasteiger partial charge in [-0.25, -0.2) is 0 Å². The highest BCUT2D eigenvalue weighted by Crippen LogP contribution is 2.41. The first-order chi connectivity index (χ1) is 13.8. The Morgan fingerprint density at radius 1 is 0.897 bits per heavy atom. The van der Waals surface area contributed by atoms with E-state index in [9.17, 15) is 9.59 Å². The van der Waals surface area contributed by atoms with Crippen LogP contribution < -0.4 is 19.5 Å². The van der Waals surface area contributed by atoms with Crippen LogP contribution in [0.25, 0.3) is 5.57 Å². The van der Waals surface area contributed by atoms with E-state index in [1.165, 1.54) is 34.4 Å². The first-order valence-electron chi connectivity index (χ1n) is 8.41. The van der Waals surface area contributed by atoms with Crippen molar-refractivity contribution in [3.8, 4) is 17.2 Å². The van der Waals surface area contributed by atoms with Gasteiger partial charge in [-0.3, -0.25) is 14.5 Å². The third-order valence-corrected chi connectivity index (χ3v) is 4.97. The van der Waals surface area contributed by atoms with E-state index in [0.717, 1.165) is 4.90 Å². The van der Waals surface area contributed by atoms with Gasteiger partial charge in [-0.2, -0.15) is 0 Å². The maximum atomic E-state index is 12.7. The Kier molecular flexibility index (Phi) is 5.91. The van der Waals surface area contributed by atoms with E-state index in [1.807, 2.05) is 0 Å². The molecule has 1 aliphatic rings. The lowest BCUT2D eigenvalue weighted by molar-refractivity contribution is -0.135. The quantitative estimate of drug-likeness (QED) is 0.693. The van der Waals surface area contributed by atoms with Gasteiger partial charge in [0.1, 0.15) is 5.70 Å². The number of benzene rings is 2. The number of hydrogen-bond donors (Lipinski definition) is 1. The highest BCUT2D eigenvalue weighted by Gasteiger charge is 2.37. The van der Waals surface area contributed by atoms with E-state index in [4.69, 9.17) is 37.4 Å². The van der Waals surface area contributed by atoms with Gasteiger partial charge in [0.15, 0.2) is 11.5 Å². The molecule has 2 aromatic carbocycles. The number of nitrogens with zero attached hydrogens (tertiary/aromatic N) is 1. The monoisotopic (exact) mass is 436 g/mol. The Morgan fingerprint density at radius 2 is 1.52 bits per heavy atom. The molecule has 1 heterocycles. The van der Waals surface area contributed by atoms with Crippen molar-refractivity contribution < 1.29 is 23.8 Å². The van der Waals surface area contributed by atoms with Gasteiger partial charge in [0.05, 0.1) is 31.9 Å². The predicted molar refractivity (Wildman–Crippen MR) is 111 cm³/mol. The maximum Gasteiger partial charge on any atom is 0.277 e. The minimum atomic E-state index is -0.496. The summed E-state index contributed by atoms with van der Waals surface area (Å²) in [6.45, 7) is 0. The van der Waals surface area contributed by atoms with Crippen LogP contribution in [0, 0.1) is 0 Å². The average molecular weight is 437 g/mol. The second-order valence-electron chi connectivity index (χ2n) is 6.08. The fourth-order valence-electron chi connectivity index (χ4n) is 3.00. The number of carbonyl (C=O) groups is 2. The van der Waals surface area contributed by atoms with Crippen LogP contribution in [-0.2, 0) is 9.59 Å². The van der Waals surface area contributed by atoms with Gasteiger partial charge >= 0.3 is 0 Å². The molecule has 0 radical (unpaired) electrons. The molecule has 0 aliphatic carbocycles. The summed E-state index contributed by atoms with van der Waals surface area (Å²) in [6, 6.07) is 7.97. The van der Waals surface area contributed by atoms with Gasteiger partial charge in [0, 0.05) is 35.5 Å². The highest BCUT2D eigenvalue weighted by molar-refractivity contribution is 6.41. The van der Waals surface area contributed by atoms with Crippen molar-refractivity contribution in [2.24, 2.45) is 0 Å². The molecule has 0 aromatic heterocycles. The SMILES string of the molecule is COc1cc(NC2=C(c3ccc(Cl)cc3Cl)C(=O)N(C)C2=O)cc(OC)c1OC. The minimum absolute atomic E-state index is 0.0796. The number of carbonyl (C=O) groups excluding carboxylic acids is 2. The molecular weight excluding hydrogens is 419 g/mol. The highest BCUT2D eigenvalue weighted by atomic mass is 35.5. The number of likely N-dealkylation sites (N-methyl/N-ethyl adjacent to an activating group) is 1. The van der Waals surface area contributed by atoms with E-state index >= 15 is 0 Å². The van der Waals surface area contributed by atoms with Crippen LogP contribution in [0.3, 0.4) is 0 Å². The van der Waals surface area contributed by atoms with Gasteiger partial charge < -0.3 is 19.5 Å². The summed E-state index contributed by atoms with van der Waals surface area (Å²) in [5.74, 6) is 0.220. The van der Waals surface area contributed by atoms with E-state index < -0.39 is 11.8 Å². The second kappa shape index (κ2) is 8.23. The molecule has 0 saturated heterocycles. The van der Waals surface area contributed by atoms with Gasteiger partial charge in [0.2, 0.25) is 5.75 Å². The molecule has 29 heavy (non-hydrogen) atoms. The number of hydrogen-bond acceptors (Lipinski definition) is 6. The Labute approximate surface area is 177 Å². The lowest BCUT2D eigenvalue weighted by atomic mass is 10.0. The standard InChI is InChI=1S/C20H18Cl2N2O5/c1-24-19(25)16(12-6-5-10(21)7-13(12)22)17(20(24)26)23-11-8-14(27-2)18(29-4)15(9-11)28-3/h5-9,23H,1-4H3. The lowest BCUT2D eigenvalue weighted by Gasteiger charge is -2.15. The molecule has 0 unspecified atom stereocenters. The molecule has 1 aliphatic heterocycles. The van der Waals surface area contributed by atoms with E-state index in [-0.39, 0.29) is 16.3 Å². The number of halogens is 2. The summed E-state index contributed by atoms with van der Waals surface area (Å²) in [5, 5.41) is 3.68. The first-order valence-corrected chi connectivity index (χ1v) is 9.17. The van der Waals surface area contributed by atoms with Crippen LogP contribution in [0.4, 0.5) is 5.69 Å². The molecule has 9 heteroatoms. The summed E-state index contributed by atoms with van der Waals surface area (Å²) in [6.07, 6.45) is 0. The van der Waals surface area contributed by atoms with Crippen LogP contribution in [0.2, 0.25) is 10.0 Å². The molecule has 7 nitrogen and oxygen atoms in total. The fourth-order valence-corrected chi connectivity index (χ4v) is 3.50. The zero-order chi connectivity index (χ0) is 21.3. The Hall–Kier alpha value is -2.90. The number of methoxy groups -OCH3 is 3. The Bertz CT molecular complexity index is 1010. The lowest BCUT2D eigenvalue weighted by Crippen LogP contribution is -2.27. The fraction of sp³-hybridized carbons (Fsp3) is 0.200. The number of rotatable bonds is 6. The zero-order valence-corrected chi connectivity index (χ0v) is 17.6. The normalized spacial score (nSPS) is 13.8. The molecule has 1 N–H and O–H groups in total. The maximum absolute atomic E-state index is 12.7. The minimum Gasteiger partial charge on any atom is -0.493 e. The summed E-state index contributed by atoms with van der Waals surface area (Å²) < 4.78 is 16.0. The molecular formula is C20H18Cl2N2O5. The van der Waals surface area contributed by atoms with Crippen molar-refractivity contribution in [1.82, 2.24) is 4.90 Å². The van der Waals surface area contributed by atoms with Crippen molar-refractivity contribution in [2.45, 2.75) is 0 Å². The van der Waals surface area contributed by atoms with Crippen molar-refractivity contribution in [2.75, 3.05) is 33.7 Å². The van der Waals surface area contributed by atoms with Crippen molar-refractivity contribution >= 4 is 46.3 Å². The third kappa shape index (κ3) is 3.71. The smallest absolute Gasteiger partial charge is 0.277 e. The second-order valence-corrected chi connectivity index (χ2v) is 6.93. The average Bonchev–Trinajstić information content (AvgIpc) is 2.91.